The maximum Gasteiger partial charge on any atom is 0.407 e. The highest BCUT2D eigenvalue weighted by Crippen LogP contribution is 2.39. The first-order valence-electron chi connectivity index (χ1n) is 11.5. The van der Waals surface area contributed by atoms with Crippen molar-refractivity contribution in [1.29, 1.82) is 0 Å². The number of hydrogen-bond donors (Lipinski definition) is 3. The van der Waals surface area contributed by atoms with Gasteiger partial charge in [0.2, 0.25) is 0 Å². The number of H-pyrrole nitrogens is 1. The summed E-state index contributed by atoms with van der Waals surface area (Å²) in [6.07, 6.45) is 4.59. The van der Waals surface area contributed by atoms with Crippen molar-refractivity contribution in [3.8, 4) is 0 Å². The van der Waals surface area contributed by atoms with Crippen molar-refractivity contribution < 1.29 is 18.7 Å². The number of halogens is 2. The quantitative estimate of drug-likeness (QED) is 0.401. The van der Waals surface area contributed by atoms with Gasteiger partial charge in [-0.25, -0.2) is 14.2 Å². The van der Waals surface area contributed by atoms with E-state index in [1.807, 2.05) is 20.8 Å². The van der Waals surface area contributed by atoms with Crippen LogP contribution in [0, 0.1) is 12.7 Å². The van der Waals surface area contributed by atoms with E-state index >= 15 is 0 Å². The number of carbonyl (C=O) groups is 2. The van der Waals surface area contributed by atoms with Gasteiger partial charge in [0.15, 0.2) is 0 Å². The van der Waals surface area contributed by atoms with Crippen molar-refractivity contribution in [2.45, 2.75) is 52.2 Å². The molecule has 0 aliphatic carbocycles. The number of alkyl carbamates (subject to hydrolysis) is 1. The molecule has 3 N–H and O–H groups in total. The Bertz CT molecular complexity index is 1270. The van der Waals surface area contributed by atoms with Crippen LogP contribution in [0.2, 0.25) is 0 Å². The summed E-state index contributed by atoms with van der Waals surface area (Å²) in [6.45, 7) is 8.61. The molecule has 1 atom stereocenters. The summed E-state index contributed by atoms with van der Waals surface area (Å²) < 4.78 is 20.5. The van der Waals surface area contributed by atoms with Gasteiger partial charge in [-0.3, -0.25) is 4.79 Å². The number of nitrogens with zero attached hydrogens (tertiary/aromatic N) is 2. The standard InChI is InChI=1S/C25H29BrFN5O3/c1-14-7-8-18(27)16(10-14)23(33)31-19-12-29-22-20(19)21(17(26)11-28-22)32-9-5-6-15(13-32)30-24(34)35-25(2,3)4/h7-8,10-12,15H,5-6,9,13H2,1-4H3,(H,28,29)(H,30,34)(H,31,33). The fourth-order valence-electron chi connectivity index (χ4n) is 4.24. The van der Waals surface area contributed by atoms with E-state index in [0.29, 0.717) is 23.3 Å². The number of nitrogens with one attached hydrogen (secondary N) is 3. The minimum atomic E-state index is -0.584. The number of rotatable bonds is 4. The van der Waals surface area contributed by atoms with Gasteiger partial charge in [-0.15, -0.1) is 0 Å². The predicted molar refractivity (Wildman–Crippen MR) is 137 cm³/mol. The monoisotopic (exact) mass is 545 g/mol. The van der Waals surface area contributed by atoms with Gasteiger partial charge in [-0.2, -0.15) is 0 Å². The second-order valence-corrected chi connectivity index (χ2v) is 10.6. The summed E-state index contributed by atoms with van der Waals surface area (Å²) in [5, 5.41) is 6.51. The van der Waals surface area contributed by atoms with Crippen LogP contribution in [0.3, 0.4) is 0 Å². The zero-order valence-corrected chi connectivity index (χ0v) is 21.8. The zero-order chi connectivity index (χ0) is 25.3. The lowest BCUT2D eigenvalue weighted by atomic mass is 10.0. The first-order valence-corrected chi connectivity index (χ1v) is 12.3. The second kappa shape index (κ2) is 9.85. The highest BCUT2D eigenvalue weighted by atomic mass is 79.9. The lowest BCUT2D eigenvalue weighted by molar-refractivity contribution is 0.0500. The van der Waals surface area contributed by atoms with Crippen LogP contribution in [0.1, 0.15) is 49.5 Å². The molecule has 1 aliphatic rings. The fourth-order valence-corrected chi connectivity index (χ4v) is 4.79. The maximum atomic E-state index is 14.3. The van der Waals surface area contributed by atoms with Crippen LogP contribution in [0.15, 0.2) is 35.1 Å². The molecule has 8 nitrogen and oxygen atoms in total. The Hall–Kier alpha value is -3.14. The number of fused-ring (bicyclic) bond motifs is 1. The smallest absolute Gasteiger partial charge is 0.407 e. The highest BCUT2D eigenvalue weighted by molar-refractivity contribution is 9.10. The number of aromatic nitrogens is 2. The van der Waals surface area contributed by atoms with Gasteiger partial charge in [0.1, 0.15) is 17.1 Å². The molecule has 10 heteroatoms. The molecule has 1 unspecified atom stereocenters. The summed E-state index contributed by atoms with van der Waals surface area (Å²) in [6, 6.07) is 4.32. The van der Waals surface area contributed by atoms with E-state index < -0.39 is 23.4 Å². The lowest BCUT2D eigenvalue weighted by Crippen LogP contribution is -2.49. The minimum absolute atomic E-state index is 0.0246. The molecule has 1 fully saturated rings. The molecule has 1 aromatic carbocycles. The van der Waals surface area contributed by atoms with Gasteiger partial charge in [0.25, 0.3) is 5.91 Å². The average Bonchev–Trinajstić information content (AvgIpc) is 3.16. The Balaban J connectivity index is 1.61. The molecule has 2 aromatic heterocycles. The van der Waals surface area contributed by atoms with Crippen LogP contribution in [0.4, 0.5) is 20.6 Å². The first kappa shape index (κ1) is 25.0. The van der Waals surface area contributed by atoms with Gasteiger partial charge < -0.3 is 25.3 Å². The van der Waals surface area contributed by atoms with Gasteiger partial charge in [0.05, 0.1) is 26.8 Å². The molecule has 0 radical (unpaired) electrons. The third-order valence-electron chi connectivity index (χ3n) is 5.70. The minimum Gasteiger partial charge on any atom is -0.444 e. The molecular weight excluding hydrogens is 517 g/mol. The number of benzene rings is 1. The first-order chi connectivity index (χ1) is 16.5. The number of aromatic amines is 1. The van der Waals surface area contributed by atoms with E-state index in [1.165, 1.54) is 12.1 Å². The van der Waals surface area contributed by atoms with Crippen LogP contribution in [-0.2, 0) is 4.74 Å². The number of amides is 2. The van der Waals surface area contributed by atoms with Gasteiger partial charge >= 0.3 is 6.09 Å². The Morgan fingerprint density at radius 2 is 2.09 bits per heavy atom. The largest absolute Gasteiger partial charge is 0.444 e. The van der Waals surface area contributed by atoms with Crippen LogP contribution in [-0.4, -0.2) is 46.7 Å². The van der Waals surface area contributed by atoms with E-state index in [4.69, 9.17) is 4.74 Å². The number of piperidine rings is 1. The predicted octanol–water partition coefficient (Wildman–Crippen LogP) is 5.52. The molecule has 1 aliphatic heterocycles. The Kier molecular flexibility index (Phi) is 7.02. The number of carbonyl (C=O) groups excluding carboxylic acids is 2. The van der Waals surface area contributed by atoms with Crippen molar-refractivity contribution in [3.63, 3.8) is 0 Å². The zero-order valence-electron chi connectivity index (χ0n) is 20.2. The molecular formula is C25H29BrFN5O3. The number of hydrogen-bond acceptors (Lipinski definition) is 5. The van der Waals surface area contributed by atoms with Crippen LogP contribution >= 0.6 is 15.9 Å². The third kappa shape index (κ3) is 5.75. The summed E-state index contributed by atoms with van der Waals surface area (Å²) >= 11 is 3.61. The van der Waals surface area contributed by atoms with E-state index in [2.05, 4.69) is 41.4 Å². The number of aryl methyl sites for hydroxylation is 1. The molecule has 0 saturated carbocycles. The summed E-state index contributed by atoms with van der Waals surface area (Å²) in [5.74, 6) is -1.12. The molecule has 2 amide bonds. The van der Waals surface area contributed by atoms with Crippen LogP contribution in [0.5, 0.6) is 0 Å². The molecule has 1 saturated heterocycles. The Morgan fingerprint density at radius 3 is 2.83 bits per heavy atom. The van der Waals surface area contributed by atoms with E-state index in [1.54, 1.807) is 25.4 Å². The van der Waals surface area contributed by atoms with E-state index in [9.17, 15) is 14.0 Å². The summed E-state index contributed by atoms with van der Waals surface area (Å²) in [7, 11) is 0. The molecule has 0 spiro atoms. The van der Waals surface area contributed by atoms with Crippen molar-refractivity contribution >= 4 is 50.3 Å². The Morgan fingerprint density at radius 1 is 1.31 bits per heavy atom. The molecule has 3 heterocycles. The molecule has 186 valence electrons. The number of ether oxygens (including phenoxy) is 1. The van der Waals surface area contributed by atoms with Crippen LogP contribution < -0.4 is 15.5 Å². The number of pyridine rings is 1. The van der Waals surface area contributed by atoms with Gasteiger partial charge in [-0.05, 0) is 68.6 Å². The molecule has 4 rings (SSSR count). The Labute approximate surface area is 211 Å². The molecule has 3 aromatic rings. The SMILES string of the molecule is Cc1ccc(F)c(C(=O)Nc2c[nH]c3ncc(Br)c(N4CCCC(NC(=O)OC(C)(C)C)C4)c23)c1. The van der Waals surface area contributed by atoms with E-state index in [0.717, 1.165) is 35.1 Å². The molecule has 35 heavy (non-hydrogen) atoms. The number of anilines is 2. The maximum absolute atomic E-state index is 14.3. The van der Waals surface area contributed by atoms with Crippen molar-refractivity contribution in [2.24, 2.45) is 0 Å². The highest BCUT2D eigenvalue weighted by Gasteiger charge is 2.28. The summed E-state index contributed by atoms with van der Waals surface area (Å²) in [5.41, 5.74) is 2.11. The fraction of sp³-hybridized carbons (Fsp3) is 0.400. The lowest BCUT2D eigenvalue weighted by Gasteiger charge is -2.36. The summed E-state index contributed by atoms with van der Waals surface area (Å²) in [4.78, 5) is 34.9. The second-order valence-electron chi connectivity index (χ2n) is 9.75. The van der Waals surface area contributed by atoms with Gasteiger partial charge in [0, 0.05) is 31.5 Å². The average molecular weight is 546 g/mol. The van der Waals surface area contributed by atoms with Crippen molar-refractivity contribution in [3.05, 3.63) is 52.0 Å². The van der Waals surface area contributed by atoms with E-state index in [-0.39, 0.29) is 11.6 Å². The van der Waals surface area contributed by atoms with Crippen molar-refractivity contribution in [1.82, 2.24) is 15.3 Å². The molecule has 0 bridgehead atoms. The van der Waals surface area contributed by atoms with Crippen molar-refractivity contribution in [2.75, 3.05) is 23.3 Å². The normalized spacial score (nSPS) is 16.3. The third-order valence-corrected chi connectivity index (χ3v) is 6.28. The van der Waals surface area contributed by atoms with Crippen LogP contribution in [0.25, 0.3) is 11.0 Å². The van der Waals surface area contributed by atoms with Gasteiger partial charge in [-0.1, -0.05) is 11.6 Å². The topological polar surface area (TPSA) is 99.4 Å².